The van der Waals surface area contributed by atoms with Gasteiger partial charge in [-0.3, -0.25) is 9.59 Å². The van der Waals surface area contributed by atoms with Crippen LogP contribution in [-0.2, 0) is 4.79 Å². The SMILES string of the molecule is CCC(=O)C(=O)c1ccc2c(c1)OCCO2. The number of ether oxygens (including phenoxy) is 2. The van der Waals surface area contributed by atoms with Crippen LogP contribution >= 0.6 is 0 Å². The Hall–Kier alpha value is -1.84. The van der Waals surface area contributed by atoms with Crippen LogP contribution < -0.4 is 9.47 Å². The van der Waals surface area contributed by atoms with E-state index >= 15 is 0 Å². The number of hydrogen-bond acceptors (Lipinski definition) is 4. The molecule has 0 unspecified atom stereocenters. The molecule has 0 N–H and O–H groups in total. The van der Waals surface area contributed by atoms with Gasteiger partial charge >= 0.3 is 0 Å². The van der Waals surface area contributed by atoms with Gasteiger partial charge in [-0.1, -0.05) is 6.92 Å². The summed E-state index contributed by atoms with van der Waals surface area (Å²) in [6.07, 6.45) is 0.216. The Morgan fingerprint density at radius 2 is 1.88 bits per heavy atom. The molecule has 2 rings (SSSR count). The molecule has 0 spiro atoms. The first-order chi connectivity index (χ1) is 7.72. The van der Waals surface area contributed by atoms with E-state index in [0.29, 0.717) is 30.3 Å². The van der Waals surface area contributed by atoms with Gasteiger partial charge in [0, 0.05) is 12.0 Å². The monoisotopic (exact) mass is 220 g/mol. The van der Waals surface area contributed by atoms with Gasteiger partial charge in [-0.15, -0.1) is 0 Å². The van der Waals surface area contributed by atoms with Crippen molar-refractivity contribution in [3.8, 4) is 11.5 Å². The maximum atomic E-state index is 11.6. The number of rotatable bonds is 3. The van der Waals surface area contributed by atoms with E-state index in [1.807, 2.05) is 0 Å². The van der Waals surface area contributed by atoms with Crippen LogP contribution in [0.15, 0.2) is 18.2 Å². The minimum Gasteiger partial charge on any atom is -0.486 e. The second kappa shape index (κ2) is 4.35. The molecular weight excluding hydrogens is 208 g/mol. The number of ketones is 2. The lowest BCUT2D eigenvalue weighted by Crippen LogP contribution is -2.17. The van der Waals surface area contributed by atoms with Gasteiger partial charge in [0.2, 0.25) is 11.6 Å². The standard InChI is InChI=1S/C12H12O4/c1-2-9(13)12(14)8-3-4-10-11(7-8)16-6-5-15-10/h3-4,7H,2,5-6H2,1H3. The first kappa shape index (κ1) is 10.7. The van der Waals surface area contributed by atoms with Crippen LogP contribution in [-0.4, -0.2) is 24.8 Å². The van der Waals surface area contributed by atoms with Crippen LogP contribution in [0.5, 0.6) is 11.5 Å². The second-order valence-corrected chi connectivity index (χ2v) is 3.46. The lowest BCUT2D eigenvalue weighted by Gasteiger charge is -2.18. The lowest BCUT2D eigenvalue weighted by molar-refractivity contribution is -0.114. The smallest absolute Gasteiger partial charge is 0.228 e. The molecule has 0 fully saturated rings. The van der Waals surface area contributed by atoms with Crippen LogP contribution in [0.1, 0.15) is 23.7 Å². The molecule has 16 heavy (non-hydrogen) atoms. The molecule has 1 aliphatic rings. The Bertz CT molecular complexity index is 437. The van der Waals surface area contributed by atoms with E-state index in [1.165, 1.54) is 0 Å². The highest BCUT2D eigenvalue weighted by Crippen LogP contribution is 2.30. The molecule has 1 aliphatic heterocycles. The maximum Gasteiger partial charge on any atom is 0.228 e. The van der Waals surface area contributed by atoms with E-state index < -0.39 is 11.6 Å². The zero-order valence-corrected chi connectivity index (χ0v) is 8.99. The second-order valence-electron chi connectivity index (χ2n) is 3.46. The fourth-order valence-corrected chi connectivity index (χ4v) is 1.51. The molecule has 0 bridgehead atoms. The summed E-state index contributed by atoms with van der Waals surface area (Å²) in [6, 6.07) is 4.80. The van der Waals surface area contributed by atoms with Gasteiger partial charge in [0.05, 0.1) is 0 Å². The van der Waals surface area contributed by atoms with Gasteiger partial charge in [-0.2, -0.15) is 0 Å². The molecule has 0 amide bonds. The van der Waals surface area contributed by atoms with E-state index in [1.54, 1.807) is 25.1 Å². The van der Waals surface area contributed by atoms with Crippen LogP contribution in [0.4, 0.5) is 0 Å². The molecule has 0 aromatic heterocycles. The highest BCUT2D eigenvalue weighted by molar-refractivity contribution is 6.43. The van der Waals surface area contributed by atoms with E-state index in [2.05, 4.69) is 0 Å². The molecule has 0 aliphatic carbocycles. The molecule has 0 saturated carbocycles. The molecule has 0 atom stereocenters. The fraction of sp³-hybridized carbons (Fsp3) is 0.333. The number of carbonyl (C=O) groups excluding carboxylic acids is 2. The zero-order valence-electron chi connectivity index (χ0n) is 8.99. The highest BCUT2D eigenvalue weighted by atomic mass is 16.6. The normalized spacial score (nSPS) is 13.3. The number of fused-ring (bicyclic) bond motifs is 1. The molecule has 84 valence electrons. The quantitative estimate of drug-likeness (QED) is 0.573. The molecule has 0 saturated heterocycles. The van der Waals surface area contributed by atoms with Crippen molar-refractivity contribution in [1.29, 1.82) is 0 Å². The van der Waals surface area contributed by atoms with Gasteiger partial charge in [0.25, 0.3) is 0 Å². The van der Waals surface area contributed by atoms with E-state index in [9.17, 15) is 9.59 Å². The summed E-state index contributed by atoms with van der Waals surface area (Å²) in [5, 5.41) is 0. The van der Waals surface area contributed by atoms with E-state index in [4.69, 9.17) is 9.47 Å². The van der Waals surface area contributed by atoms with Crippen molar-refractivity contribution in [2.75, 3.05) is 13.2 Å². The van der Waals surface area contributed by atoms with Crippen molar-refractivity contribution < 1.29 is 19.1 Å². The van der Waals surface area contributed by atoms with E-state index in [-0.39, 0.29) is 6.42 Å². The molecule has 0 radical (unpaired) electrons. The molecule has 1 heterocycles. The van der Waals surface area contributed by atoms with Gasteiger partial charge in [-0.25, -0.2) is 0 Å². The topological polar surface area (TPSA) is 52.6 Å². The average molecular weight is 220 g/mol. The Balaban J connectivity index is 2.30. The molecule has 4 heteroatoms. The summed E-state index contributed by atoms with van der Waals surface area (Å²) < 4.78 is 10.7. The summed E-state index contributed by atoms with van der Waals surface area (Å²) >= 11 is 0. The number of Topliss-reactive ketones (excluding diaryl/α,β-unsaturated/α-hetero) is 2. The summed E-state index contributed by atoms with van der Waals surface area (Å²) in [4.78, 5) is 22.9. The Labute approximate surface area is 93.2 Å². The van der Waals surface area contributed by atoms with Crippen molar-refractivity contribution in [2.45, 2.75) is 13.3 Å². The predicted molar refractivity (Wildman–Crippen MR) is 57.1 cm³/mol. The van der Waals surface area contributed by atoms with Crippen LogP contribution in [0, 0.1) is 0 Å². The van der Waals surface area contributed by atoms with Gasteiger partial charge in [0.15, 0.2) is 11.5 Å². The summed E-state index contributed by atoms with van der Waals surface area (Å²) in [6.45, 7) is 2.64. The van der Waals surface area contributed by atoms with Crippen molar-refractivity contribution in [1.82, 2.24) is 0 Å². The third-order valence-corrected chi connectivity index (χ3v) is 2.38. The molecular formula is C12H12O4. The van der Waals surface area contributed by atoms with Crippen molar-refractivity contribution in [2.24, 2.45) is 0 Å². The summed E-state index contributed by atoms with van der Waals surface area (Å²) in [5.74, 6) is 0.281. The van der Waals surface area contributed by atoms with Crippen LogP contribution in [0.25, 0.3) is 0 Å². The predicted octanol–water partition coefficient (Wildman–Crippen LogP) is 1.62. The third-order valence-electron chi connectivity index (χ3n) is 2.38. The van der Waals surface area contributed by atoms with Gasteiger partial charge in [-0.05, 0) is 18.2 Å². The van der Waals surface area contributed by atoms with Crippen molar-refractivity contribution in [3.63, 3.8) is 0 Å². The first-order valence-electron chi connectivity index (χ1n) is 5.19. The molecule has 1 aromatic carbocycles. The Kier molecular flexibility index (Phi) is 2.90. The average Bonchev–Trinajstić information content (AvgIpc) is 2.36. The Morgan fingerprint density at radius 3 is 2.56 bits per heavy atom. The third kappa shape index (κ3) is 1.91. The van der Waals surface area contributed by atoms with Gasteiger partial charge < -0.3 is 9.47 Å². The molecule has 4 nitrogen and oxygen atoms in total. The largest absolute Gasteiger partial charge is 0.486 e. The summed E-state index contributed by atoms with van der Waals surface area (Å²) in [7, 11) is 0. The number of hydrogen-bond donors (Lipinski definition) is 0. The summed E-state index contributed by atoms with van der Waals surface area (Å²) in [5.41, 5.74) is 0.358. The lowest BCUT2D eigenvalue weighted by atomic mass is 10.1. The fourth-order valence-electron chi connectivity index (χ4n) is 1.51. The number of benzene rings is 1. The maximum absolute atomic E-state index is 11.6. The Morgan fingerprint density at radius 1 is 1.19 bits per heavy atom. The number of carbonyl (C=O) groups is 2. The van der Waals surface area contributed by atoms with Crippen LogP contribution in [0.3, 0.4) is 0 Å². The zero-order chi connectivity index (χ0) is 11.5. The van der Waals surface area contributed by atoms with Crippen molar-refractivity contribution >= 4 is 11.6 Å². The first-order valence-corrected chi connectivity index (χ1v) is 5.19. The van der Waals surface area contributed by atoms with E-state index in [0.717, 1.165) is 0 Å². The van der Waals surface area contributed by atoms with Gasteiger partial charge in [0.1, 0.15) is 13.2 Å². The molecule has 1 aromatic rings. The minimum absolute atomic E-state index is 0.216. The van der Waals surface area contributed by atoms with Crippen LogP contribution in [0.2, 0.25) is 0 Å². The van der Waals surface area contributed by atoms with Crippen molar-refractivity contribution in [3.05, 3.63) is 23.8 Å². The highest BCUT2D eigenvalue weighted by Gasteiger charge is 2.18. The minimum atomic E-state index is -0.473.